The van der Waals surface area contributed by atoms with Crippen LogP contribution in [-0.2, 0) is 16.1 Å². The number of methoxy groups -OCH3 is 1. The van der Waals surface area contributed by atoms with Gasteiger partial charge in [0.1, 0.15) is 11.8 Å². The summed E-state index contributed by atoms with van der Waals surface area (Å²) in [6.07, 6.45) is 6.06. The zero-order valence-electron chi connectivity index (χ0n) is 15.6. The second kappa shape index (κ2) is 9.44. The molecule has 1 aliphatic rings. The third-order valence-electron chi connectivity index (χ3n) is 4.93. The highest BCUT2D eigenvalue weighted by Crippen LogP contribution is 2.19. The second-order valence-corrected chi connectivity index (χ2v) is 6.74. The number of amides is 2. The number of hydrogen-bond acceptors (Lipinski definition) is 3. The Bertz CT molecular complexity index is 565. The molecule has 0 heterocycles. The highest BCUT2D eigenvalue weighted by molar-refractivity contribution is 5.87. The Labute approximate surface area is 150 Å². The zero-order valence-corrected chi connectivity index (χ0v) is 15.6. The summed E-state index contributed by atoms with van der Waals surface area (Å²) in [4.78, 5) is 26.7. The van der Waals surface area contributed by atoms with Gasteiger partial charge in [-0.1, -0.05) is 38.3 Å². The van der Waals surface area contributed by atoms with Gasteiger partial charge in [-0.25, -0.2) is 0 Å². The van der Waals surface area contributed by atoms with Gasteiger partial charge in [0.25, 0.3) is 0 Å². The summed E-state index contributed by atoms with van der Waals surface area (Å²) in [7, 11) is 1.62. The summed E-state index contributed by atoms with van der Waals surface area (Å²) in [5.74, 6) is 0.713. The molecule has 1 fully saturated rings. The molecule has 1 aliphatic carbocycles. The van der Waals surface area contributed by atoms with Gasteiger partial charge in [-0.05, 0) is 37.5 Å². The van der Waals surface area contributed by atoms with Crippen molar-refractivity contribution in [2.45, 2.75) is 71.0 Å². The Morgan fingerprint density at radius 1 is 1.20 bits per heavy atom. The molecule has 0 saturated heterocycles. The van der Waals surface area contributed by atoms with Crippen LogP contribution in [0.4, 0.5) is 0 Å². The molecular weight excluding hydrogens is 316 g/mol. The molecular formula is C20H30N2O3. The second-order valence-electron chi connectivity index (χ2n) is 6.74. The van der Waals surface area contributed by atoms with Crippen molar-refractivity contribution in [3.8, 4) is 5.75 Å². The van der Waals surface area contributed by atoms with Crippen LogP contribution in [0.15, 0.2) is 24.3 Å². The maximum Gasteiger partial charge on any atom is 0.242 e. The molecule has 1 atom stereocenters. The lowest BCUT2D eigenvalue weighted by molar-refractivity contribution is -0.140. The van der Waals surface area contributed by atoms with E-state index in [1.165, 1.54) is 19.3 Å². The molecule has 1 aromatic rings. The van der Waals surface area contributed by atoms with E-state index in [-0.39, 0.29) is 17.9 Å². The first-order valence-corrected chi connectivity index (χ1v) is 9.28. The van der Waals surface area contributed by atoms with Crippen LogP contribution in [0.25, 0.3) is 0 Å². The Balaban J connectivity index is 2.03. The molecule has 0 aliphatic heterocycles. The van der Waals surface area contributed by atoms with Crippen molar-refractivity contribution in [2.24, 2.45) is 0 Å². The molecule has 0 radical (unpaired) electrons. The average molecular weight is 346 g/mol. The van der Waals surface area contributed by atoms with Crippen molar-refractivity contribution in [3.63, 3.8) is 0 Å². The number of carbonyl (C=O) groups is 2. The molecule has 1 saturated carbocycles. The summed E-state index contributed by atoms with van der Waals surface area (Å²) >= 11 is 0. The number of rotatable bonds is 7. The number of carbonyl (C=O) groups excluding carboxylic acids is 2. The Morgan fingerprint density at radius 3 is 2.40 bits per heavy atom. The van der Waals surface area contributed by atoms with Crippen LogP contribution in [0, 0.1) is 0 Å². The first kappa shape index (κ1) is 19.3. The fourth-order valence-corrected chi connectivity index (χ4v) is 3.28. The fraction of sp³-hybridized carbons (Fsp3) is 0.600. The van der Waals surface area contributed by atoms with Crippen LogP contribution in [0.5, 0.6) is 5.75 Å². The molecule has 0 bridgehead atoms. The summed E-state index contributed by atoms with van der Waals surface area (Å²) in [5.41, 5.74) is 0.986. The molecule has 0 spiro atoms. The van der Waals surface area contributed by atoms with E-state index < -0.39 is 6.04 Å². The molecule has 5 heteroatoms. The van der Waals surface area contributed by atoms with Gasteiger partial charge in [0, 0.05) is 19.0 Å². The third kappa shape index (κ3) is 5.48. The molecule has 25 heavy (non-hydrogen) atoms. The van der Waals surface area contributed by atoms with Crippen LogP contribution in [0.3, 0.4) is 0 Å². The minimum Gasteiger partial charge on any atom is -0.497 e. The molecule has 1 N–H and O–H groups in total. The van der Waals surface area contributed by atoms with Crippen LogP contribution in [-0.4, -0.2) is 35.9 Å². The summed E-state index contributed by atoms with van der Waals surface area (Å²) in [6, 6.07) is 7.38. The quantitative estimate of drug-likeness (QED) is 0.824. The monoisotopic (exact) mass is 346 g/mol. The van der Waals surface area contributed by atoms with E-state index in [4.69, 9.17) is 4.74 Å². The highest BCUT2D eigenvalue weighted by Gasteiger charge is 2.27. The van der Waals surface area contributed by atoms with Crippen LogP contribution < -0.4 is 10.1 Å². The van der Waals surface area contributed by atoms with Gasteiger partial charge >= 0.3 is 0 Å². The van der Waals surface area contributed by atoms with E-state index in [2.05, 4.69) is 5.32 Å². The SMILES string of the molecule is CCC(=O)N(Cc1ccc(OC)cc1)[C@@H](C)C(=O)NC1CCCCC1. The standard InChI is InChI=1S/C20H30N2O3/c1-4-19(23)22(14-16-10-12-18(25-3)13-11-16)15(2)20(24)21-17-8-6-5-7-9-17/h10-13,15,17H,4-9,14H2,1-3H3,(H,21,24)/t15-/m0/s1. The van der Waals surface area contributed by atoms with Crippen LogP contribution in [0.1, 0.15) is 57.9 Å². The number of nitrogens with one attached hydrogen (secondary N) is 1. The Morgan fingerprint density at radius 2 is 1.84 bits per heavy atom. The van der Waals surface area contributed by atoms with Gasteiger partial charge in [0.15, 0.2) is 0 Å². The largest absolute Gasteiger partial charge is 0.497 e. The molecule has 2 rings (SSSR count). The van der Waals surface area contributed by atoms with Crippen molar-refractivity contribution in [3.05, 3.63) is 29.8 Å². The van der Waals surface area contributed by atoms with E-state index in [1.807, 2.05) is 38.1 Å². The molecule has 138 valence electrons. The Hall–Kier alpha value is -2.04. The third-order valence-corrected chi connectivity index (χ3v) is 4.93. The summed E-state index contributed by atoms with van der Waals surface area (Å²) < 4.78 is 5.17. The normalized spacial score (nSPS) is 16.1. The minimum absolute atomic E-state index is 0.0119. The van der Waals surface area contributed by atoms with E-state index in [0.717, 1.165) is 24.2 Å². The maximum atomic E-state index is 12.6. The smallest absolute Gasteiger partial charge is 0.242 e. The zero-order chi connectivity index (χ0) is 18.2. The van der Waals surface area contributed by atoms with Gasteiger partial charge in [-0.2, -0.15) is 0 Å². The van der Waals surface area contributed by atoms with E-state index in [1.54, 1.807) is 12.0 Å². The van der Waals surface area contributed by atoms with Crippen LogP contribution in [0.2, 0.25) is 0 Å². The van der Waals surface area contributed by atoms with Gasteiger partial charge in [0.2, 0.25) is 11.8 Å². The van der Waals surface area contributed by atoms with Gasteiger partial charge in [-0.3, -0.25) is 9.59 Å². The average Bonchev–Trinajstić information content (AvgIpc) is 2.66. The maximum absolute atomic E-state index is 12.6. The Kier molecular flexibility index (Phi) is 7.29. The molecule has 0 unspecified atom stereocenters. The van der Waals surface area contributed by atoms with Gasteiger partial charge in [0.05, 0.1) is 7.11 Å². The van der Waals surface area contributed by atoms with Crippen molar-refractivity contribution in [1.82, 2.24) is 10.2 Å². The summed E-state index contributed by atoms with van der Waals surface area (Å²) in [6.45, 7) is 4.07. The molecule has 0 aromatic heterocycles. The lowest BCUT2D eigenvalue weighted by atomic mass is 9.95. The molecule has 1 aromatic carbocycles. The van der Waals surface area contributed by atoms with Crippen molar-refractivity contribution in [1.29, 1.82) is 0 Å². The van der Waals surface area contributed by atoms with Gasteiger partial charge < -0.3 is 15.0 Å². The van der Waals surface area contributed by atoms with E-state index in [9.17, 15) is 9.59 Å². The van der Waals surface area contributed by atoms with Crippen LogP contribution >= 0.6 is 0 Å². The number of benzene rings is 1. The lowest BCUT2D eigenvalue weighted by Crippen LogP contribution is -2.50. The summed E-state index contributed by atoms with van der Waals surface area (Å²) in [5, 5.41) is 3.13. The first-order valence-electron chi connectivity index (χ1n) is 9.28. The number of ether oxygens (including phenoxy) is 1. The molecule has 5 nitrogen and oxygen atoms in total. The number of hydrogen-bond donors (Lipinski definition) is 1. The van der Waals surface area contributed by atoms with E-state index in [0.29, 0.717) is 13.0 Å². The van der Waals surface area contributed by atoms with Crippen molar-refractivity contribution in [2.75, 3.05) is 7.11 Å². The topological polar surface area (TPSA) is 58.6 Å². The molecule has 2 amide bonds. The first-order chi connectivity index (χ1) is 12.0. The highest BCUT2D eigenvalue weighted by atomic mass is 16.5. The minimum atomic E-state index is -0.475. The predicted molar refractivity (Wildman–Crippen MR) is 98.3 cm³/mol. The fourth-order valence-electron chi connectivity index (χ4n) is 3.28. The van der Waals surface area contributed by atoms with Crippen molar-refractivity contribution >= 4 is 11.8 Å². The van der Waals surface area contributed by atoms with Gasteiger partial charge in [-0.15, -0.1) is 0 Å². The predicted octanol–water partition coefficient (Wildman–Crippen LogP) is 3.27. The lowest BCUT2D eigenvalue weighted by Gasteiger charge is -2.31. The van der Waals surface area contributed by atoms with E-state index >= 15 is 0 Å². The number of nitrogens with zero attached hydrogens (tertiary/aromatic N) is 1. The van der Waals surface area contributed by atoms with Crippen molar-refractivity contribution < 1.29 is 14.3 Å².